The summed E-state index contributed by atoms with van der Waals surface area (Å²) in [6, 6.07) is 0.508. The first-order chi connectivity index (χ1) is 9.20. The lowest BCUT2D eigenvalue weighted by molar-refractivity contribution is 0.362. The third-order valence-electron chi connectivity index (χ3n) is 4.26. The van der Waals surface area contributed by atoms with Crippen molar-refractivity contribution in [1.82, 2.24) is 14.4 Å². The van der Waals surface area contributed by atoms with Gasteiger partial charge in [-0.25, -0.2) is 9.97 Å². The Morgan fingerprint density at radius 2 is 2.21 bits per heavy atom. The van der Waals surface area contributed by atoms with Gasteiger partial charge in [0.25, 0.3) is 0 Å². The van der Waals surface area contributed by atoms with Crippen molar-refractivity contribution in [2.24, 2.45) is 5.92 Å². The van der Waals surface area contributed by atoms with Crippen LogP contribution >= 0.6 is 0 Å². The van der Waals surface area contributed by atoms with Crippen molar-refractivity contribution < 1.29 is 0 Å². The molecule has 0 aliphatic carbocycles. The third-order valence-corrected chi connectivity index (χ3v) is 4.26. The van der Waals surface area contributed by atoms with E-state index < -0.39 is 0 Å². The molecule has 3 heterocycles. The first kappa shape index (κ1) is 12.3. The molecule has 1 aliphatic heterocycles. The summed E-state index contributed by atoms with van der Waals surface area (Å²) in [6.45, 7) is 5.67. The van der Waals surface area contributed by atoms with Crippen LogP contribution in [0, 0.1) is 5.92 Å². The number of nitrogens with zero attached hydrogens (tertiary/aromatic N) is 4. The predicted octanol–water partition coefficient (Wildman–Crippen LogP) is 2.40. The topological polar surface area (TPSA) is 45.5 Å². The van der Waals surface area contributed by atoms with E-state index in [2.05, 4.69) is 29.0 Å². The Kier molecular flexibility index (Phi) is 3.05. The largest absolute Gasteiger partial charge is 0.372 e. The zero-order valence-electron chi connectivity index (χ0n) is 11.8. The number of hydrogen-bond acceptors (Lipinski definition) is 4. The summed E-state index contributed by atoms with van der Waals surface area (Å²) in [4.78, 5) is 11.6. The first-order valence-electron chi connectivity index (χ1n) is 6.99. The normalized spacial score (nSPS) is 23.8. The monoisotopic (exact) mass is 259 g/mol. The molecule has 0 amide bonds. The highest BCUT2D eigenvalue weighted by Gasteiger charge is 2.27. The van der Waals surface area contributed by atoms with E-state index >= 15 is 0 Å². The summed E-state index contributed by atoms with van der Waals surface area (Å²) in [5.41, 5.74) is 0.944. The lowest BCUT2D eigenvalue weighted by Gasteiger charge is -2.38. The number of aromatic nitrogens is 3. The number of imidazole rings is 1. The Bertz CT molecular complexity index is 576. The van der Waals surface area contributed by atoms with E-state index in [4.69, 9.17) is 4.98 Å². The molecule has 1 saturated heterocycles. The smallest absolute Gasteiger partial charge is 0.180 e. The number of rotatable bonds is 2. The quantitative estimate of drug-likeness (QED) is 0.899. The van der Waals surface area contributed by atoms with E-state index in [9.17, 15) is 0 Å². The molecule has 0 saturated carbocycles. The molecule has 19 heavy (non-hydrogen) atoms. The molecule has 2 aromatic heterocycles. The summed E-state index contributed by atoms with van der Waals surface area (Å²) in [5, 5.41) is 3.13. The Morgan fingerprint density at radius 3 is 3.00 bits per heavy atom. The summed E-state index contributed by atoms with van der Waals surface area (Å²) in [7, 11) is 1.90. The van der Waals surface area contributed by atoms with Crippen LogP contribution in [0.2, 0.25) is 0 Å². The van der Waals surface area contributed by atoms with Crippen LogP contribution < -0.4 is 10.2 Å². The molecule has 1 aliphatic rings. The summed E-state index contributed by atoms with van der Waals surface area (Å²) in [5.74, 6) is 2.57. The van der Waals surface area contributed by atoms with Crippen LogP contribution in [0.4, 0.5) is 11.6 Å². The van der Waals surface area contributed by atoms with Gasteiger partial charge in [0, 0.05) is 32.0 Å². The SMILES string of the molecule is CNc1cn2ccnc2c(N2CCCC(C)C2C)n1. The molecule has 2 atom stereocenters. The van der Waals surface area contributed by atoms with Gasteiger partial charge < -0.3 is 14.6 Å². The van der Waals surface area contributed by atoms with Crippen molar-refractivity contribution in [3.05, 3.63) is 18.6 Å². The second kappa shape index (κ2) is 4.72. The maximum atomic E-state index is 4.73. The van der Waals surface area contributed by atoms with E-state index in [0.717, 1.165) is 23.8 Å². The van der Waals surface area contributed by atoms with Crippen LogP contribution in [0.25, 0.3) is 5.65 Å². The van der Waals surface area contributed by atoms with Gasteiger partial charge in [0.05, 0.1) is 6.20 Å². The van der Waals surface area contributed by atoms with Gasteiger partial charge in [-0.15, -0.1) is 0 Å². The molecule has 0 spiro atoms. The van der Waals surface area contributed by atoms with Gasteiger partial charge >= 0.3 is 0 Å². The fraction of sp³-hybridized carbons (Fsp3) is 0.571. The molecule has 1 N–H and O–H groups in total. The minimum absolute atomic E-state index is 0.508. The maximum absolute atomic E-state index is 4.73. The summed E-state index contributed by atoms with van der Waals surface area (Å²) < 4.78 is 2.04. The zero-order valence-corrected chi connectivity index (χ0v) is 11.8. The number of hydrogen-bond donors (Lipinski definition) is 1. The fourth-order valence-electron chi connectivity index (χ4n) is 2.86. The molecule has 3 rings (SSSR count). The third kappa shape index (κ3) is 2.03. The molecule has 0 bridgehead atoms. The Labute approximate surface area is 113 Å². The van der Waals surface area contributed by atoms with Crippen molar-refractivity contribution in [3.8, 4) is 0 Å². The minimum atomic E-state index is 0.508. The van der Waals surface area contributed by atoms with Crippen LogP contribution in [0.3, 0.4) is 0 Å². The predicted molar refractivity (Wildman–Crippen MR) is 77.7 cm³/mol. The molecule has 5 heteroatoms. The molecule has 1 fully saturated rings. The van der Waals surface area contributed by atoms with Gasteiger partial charge in [-0.2, -0.15) is 0 Å². The molecule has 2 unspecified atom stereocenters. The van der Waals surface area contributed by atoms with E-state index in [1.165, 1.54) is 12.8 Å². The Morgan fingerprint density at radius 1 is 1.37 bits per heavy atom. The van der Waals surface area contributed by atoms with E-state index in [1.54, 1.807) is 0 Å². The second-order valence-electron chi connectivity index (χ2n) is 5.41. The van der Waals surface area contributed by atoms with Crippen LogP contribution in [0.5, 0.6) is 0 Å². The second-order valence-corrected chi connectivity index (χ2v) is 5.41. The Balaban J connectivity index is 2.09. The zero-order chi connectivity index (χ0) is 13.4. The molecule has 102 valence electrons. The average molecular weight is 259 g/mol. The molecular weight excluding hydrogens is 238 g/mol. The van der Waals surface area contributed by atoms with Crippen LogP contribution in [-0.4, -0.2) is 34.0 Å². The number of fused-ring (bicyclic) bond motifs is 1. The number of piperidine rings is 1. The highest BCUT2D eigenvalue weighted by atomic mass is 15.3. The molecule has 2 aromatic rings. The van der Waals surface area contributed by atoms with Crippen LogP contribution in [0.15, 0.2) is 18.6 Å². The molecule has 5 nitrogen and oxygen atoms in total. The maximum Gasteiger partial charge on any atom is 0.180 e. The standard InChI is InChI=1S/C14H21N5/c1-10-5-4-7-19(11(10)2)14-13-16-6-8-18(13)9-12(15-3)17-14/h6,8-11,15H,4-5,7H2,1-3H3. The van der Waals surface area contributed by atoms with E-state index in [-0.39, 0.29) is 0 Å². The summed E-state index contributed by atoms with van der Waals surface area (Å²) in [6.07, 6.45) is 8.30. The van der Waals surface area contributed by atoms with Gasteiger partial charge in [-0.3, -0.25) is 0 Å². The van der Waals surface area contributed by atoms with Crippen molar-refractivity contribution in [2.75, 3.05) is 23.8 Å². The fourth-order valence-corrected chi connectivity index (χ4v) is 2.86. The van der Waals surface area contributed by atoms with Crippen molar-refractivity contribution in [1.29, 1.82) is 0 Å². The van der Waals surface area contributed by atoms with E-state index in [0.29, 0.717) is 12.0 Å². The van der Waals surface area contributed by atoms with Crippen molar-refractivity contribution in [2.45, 2.75) is 32.7 Å². The summed E-state index contributed by atoms with van der Waals surface area (Å²) >= 11 is 0. The number of anilines is 2. The molecule has 0 radical (unpaired) electrons. The van der Waals surface area contributed by atoms with Crippen LogP contribution in [0.1, 0.15) is 26.7 Å². The van der Waals surface area contributed by atoms with Gasteiger partial charge in [0.15, 0.2) is 11.5 Å². The van der Waals surface area contributed by atoms with Gasteiger partial charge in [0.1, 0.15) is 5.82 Å². The molecular formula is C14H21N5. The van der Waals surface area contributed by atoms with Crippen LogP contribution in [-0.2, 0) is 0 Å². The van der Waals surface area contributed by atoms with Crippen molar-refractivity contribution in [3.63, 3.8) is 0 Å². The van der Waals surface area contributed by atoms with Gasteiger partial charge in [-0.1, -0.05) is 6.92 Å². The van der Waals surface area contributed by atoms with Crippen molar-refractivity contribution >= 4 is 17.3 Å². The first-order valence-corrected chi connectivity index (χ1v) is 6.99. The minimum Gasteiger partial charge on any atom is -0.372 e. The average Bonchev–Trinajstić information content (AvgIpc) is 2.89. The molecule has 0 aromatic carbocycles. The van der Waals surface area contributed by atoms with E-state index in [1.807, 2.05) is 30.0 Å². The highest BCUT2D eigenvalue weighted by molar-refractivity contribution is 5.67. The number of nitrogens with one attached hydrogen (secondary N) is 1. The lowest BCUT2D eigenvalue weighted by Crippen LogP contribution is -2.43. The Hall–Kier alpha value is -1.78. The highest BCUT2D eigenvalue weighted by Crippen LogP contribution is 2.30. The van der Waals surface area contributed by atoms with Gasteiger partial charge in [0.2, 0.25) is 0 Å². The van der Waals surface area contributed by atoms with Gasteiger partial charge in [-0.05, 0) is 25.7 Å². The lowest BCUT2D eigenvalue weighted by atomic mass is 9.92.